The Morgan fingerprint density at radius 1 is 1.11 bits per heavy atom. The lowest BCUT2D eigenvalue weighted by molar-refractivity contribution is 0.0951. The van der Waals surface area contributed by atoms with Gasteiger partial charge in [-0.2, -0.15) is 0 Å². The highest BCUT2D eigenvalue weighted by atomic mass is 16.5. The molecule has 6 heteroatoms. The van der Waals surface area contributed by atoms with Crippen LogP contribution in [0.1, 0.15) is 42.6 Å². The second kappa shape index (κ2) is 7.92. The number of fused-ring (bicyclic) bond motifs is 1. The number of carbonyl (C=O) groups is 1. The summed E-state index contributed by atoms with van der Waals surface area (Å²) in [7, 11) is 3.22. The first kappa shape index (κ1) is 19.7. The van der Waals surface area contributed by atoms with Crippen LogP contribution in [0.3, 0.4) is 0 Å². The number of amides is 1. The second-order valence-corrected chi connectivity index (χ2v) is 7.69. The molecule has 148 valence electrons. The van der Waals surface area contributed by atoms with Crippen molar-refractivity contribution in [2.75, 3.05) is 20.8 Å². The van der Waals surface area contributed by atoms with Crippen LogP contribution in [0, 0.1) is 0 Å². The quantitative estimate of drug-likeness (QED) is 0.708. The van der Waals surface area contributed by atoms with E-state index in [1.54, 1.807) is 14.2 Å². The summed E-state index contributed by atoms with van der Waals surface area (Å²) >= 11 is 0. The first-order chi connectivity index (χ1) is 13.3. The van der Waals surface area contributed by atoms with Gasteiger partial charge in [-0.25, -0.2) is 4.98 Å². The van der Waals surface area contributed by atoms with Crippen molar-refractivity contribution in [3.05, 3.63) is 59.7 Å². The number of imidazole rings is 1. The summed E-state index contributed by atoms with van der Waals surface area (Å²) in [5.41, 5.74) is 2.17. The van der Waals surface area contributed by atoms with Crippen molar-refractivity contribution in [1.82, 2.24) is 14.7 Å². The Kier molecular flexibility index (Phi) is 5.58. The van der Waals surface area contributed by atoms with Crippen molar-refractivity contribution in [3.8, 4) is 11.5 Å². The molecule has 0 unspecified atom stereocenters. The second-order valence-electron chi connectivity index (χ2n) is 7.69. The zero-order valence-electron chi connectivity index (χ0n) is 17.1. The maximum Gasteiger partial charge on any atom is 0.272 e. The van der Waals surface area contributed by atoms with Crippen molar-refractivity contribution in [1.29, 1.82) is 0 Å². The summed E-state index contributed by atoms with van der Waals surface area (Å²) in [5, 5.41) is 2.98. The smallest absolute Gasteiger partial charge is 0.272 e. The Bertz CT molecular complexity index is 986. The van der Waals surface area contributed by atoms with E-state index in [-0.39, 0.29) is 11.3 Å². The molecule has 2 aromatic heterocycles. The van der Waals surface area contributed by atoms with E-state index in [2.05, 4.69) is 31.1 Å². The molecular formula is C22H27N3O3. The molecular weight excluding hydrogens is 354 g/mol. The lowest BCUT2D eigenvalue weighted by atomic mass is 9.96. The fourth-order valence-corrected chi connectivity index (χ4v) is 3.17. The van der Waals surface area contributed by atoms with E-state index in [1.165, 1.54) is 0 Å². The van der Waals surface area contributed by atoms with Crippen LogP contribution < -0.4 is 14.8 Å². The molecule has 2 heterocycles. The zero-order chi connectivity index (χ0) is 20.3. The van der Waals surface area contributed by atoms with Gasteiger partial charge < -0.3 is 19.2 Å². The fourth-order valence-electron chi connectivity index (χ4n) is 3.17. The van der Waals surface area contributed by atoms with E-state index in [0.717, 1.165) is 16.9 Å². The standard InChI is InChI=1S/C22H27N3O3/c1-22(2,3)21-24-19(16-8-6-7-13-25(16)21)20(26)23-12-11-15-9-10-17(27-4)18(14-15)28-5/h6-10,13-14H,11-12H2,1-5H3,(H,23,26). The number of benzene rings is 1. The van der Waals surface area contributed by atoms with Gasteiger partial charge in [-0.3, -0.25) is 4.79 Å². The van der Waals surface area contributed by atoms with Gasteiger partial charge in [0.25, 0.3) is 5.91 Å². The number of hydrogen-bond acceptors (Lipinski definition) is 4. The molecule has 0 saturated heterocycles. The molecule has 3 rings (SSSR count). The summed E-state index contributed by atoms with van der Waals surface area (Å²) in [6.45, 7) is 6.78. The molecule has 0 aliphatic rings. The minimum Gasteiger partial charge on any atom is -0.493 e. The van der Waals surface area contributed by atoms with E-state index >= 15 is 0 Å². The molecule has 0 atom stereocenters. The Morgan fingerprint density at radius 3 is 2.54 bits per heavy atom. The Hall–Kier alpha value is -3.02. The highest BCUT2D eigenvalue weighted by Gasteiger charge is 2.24. The lowest BCUT2D eigenvalue weighted by Gasteiger charge is -2.16. The number of pyridine rings is 1. The van der Waals surface area contributed by atoms with Gasteiger partial charge in [-0.15, -0.1) is 0 Å². The maximum atomic E-state index is 12.8. The average Bonchev–Trinajstić information content (AvgIpc) is 3.08. The number of aromatic nitrogens is 2. The van der Waals surface area contributed by atoms with Crippen LogP contribution in [0.25, 0.3) is 5.52 Å². The third-order valence-corrected chi connectivity index (χ3v) is 4.58. The summed E-state index contributed by atoms with van der Waals surface area (Å²) in [6, 6.07) is 11.6. The van der Waals surface area contributed by atoms with Crippen molar-refractivity contribution < 1.29 is 14.3 Å². The first-order valence-corrected chi connectivity index (χ1v) is 9.32. The first-order valence-electron chi connectivity index (χ1n) is 9.32. The van der Waals surface area contributed by atoms with Gasteiger partial charge in [0, 0.05) is 18.2 Å². The highest BCUT2D eigenvalue weighted by molar-refractivity contribution is 5.99. The lowest BCUT2D eigenvalue weighted by Crippen LogP contribution is -2.26. The van der Waals surface area contributed by atoms with E-state index in [1.807, 2.05) is 47.0 Å². The molecule has 3 aromatic rings. The van der Waals surface area contributed by atoms with Gasteiger partial charge in [0.05, 0.1) is 19.7 Å². The predicted octanol–water partition coefficient (Wildman–Crippen LogP) is 3.62. The Labute approximate surface area is 165 Å². The van der Waals surface area contributed by atoms with Crippen LogP contribution in [-0.4, -0.2) is 36.1 Å². The van der Waals surface area contributed by atoms with Crippen molar-refractivity contribution in [3.63, 3.8) is 0 Å². The topological polar surface area (TPSA) is 64.9 Å². The molecule has 1 N–H and O–H groups in total. The summed E-state index contributed by atoms with van der Waals surface area (Å²) in [4.78, 5) is 17.4. The van der Waals surface area contributed by atoms with Crippen LogP contribution in [0.2, 0.25) is 0 Å². The molecule has 0 bridgehead atoms. The van der Waals surface area contributed by atoms with E-state index in [9.17, 15) is 4.79 Å². The SMILES string of the molecule is COc1ccc(CCNC(=O)c2nc(C(C)(C)C)n3ccccc23)cc1OC. The summed E-state index contributed by atoms with van der Waals surface area (Å²) in [6.07, 6.45) is 2.63. The predicted molar refractivity (Wildman–Crippen MR) is 109 cm³/mol. The molecule has 28 heavy (non-hydrogen) atoms. The third-order valence-electron chi connectivity index (χ3n) is 4.58. The van der Waals surface area contributed by atoms with Crippen LogP contribution in [0.4, 0.5) is 0 Å². The molecule has 1 aromatic carbocycles. The van der Waals surface area contributed by atoms with Crippen molar-refractivity contribution >= 4 is 11.4 Å². The molecule has 0 aliphatic carbocycles. The number of nitrogens with zero attached hydrogens (tertiary/aromatic N) is 2. The highest BCUT2D eigenvalue weighted by Crippen LogP contribution is 2.28. The molecule has 6 nitrogen and oxygen atoms in total. The van der Waals surface area contributed by atoms with Gasteiger partial charge in [0.1, 0.15) is 5.82 Å². The van der Waals surface area contributed by atoms with E-state index < -0.39 is 0 Å². The Balaban J connectivity index is 1.74. The van der Waals surface area contributed by atoms with Gasteiger partial charge in [0.2, 0.25) is 0 Å². The molecule has 0 fully saturated rings. The van der Waals surface area contributed by atoms with Gasteiger partial charge >= 0.3 is 0 Å². The summed E-state index contributed by atoms with van der Waals surface area (Å²) in [5.74, 6) is 2.07. The van der Waals surface area contributed by atoms with Gasteiger partial charge in [-0.05, 0) is 36.2 Å². The number of methoxy groups -OCH3 is 2. The van der Waals surface area contributed by atoms with E-state index in [0.29, 0.717) is 30.2 Å². The molecule has 0 radical (unpaired) electrons. The number of ether oxygens (including phenoxy) is 2. The van der Waals surface area contributed by atoms with Gasteiger partial charge in [-0.1, -0.05) is 32.9 Å². The maximum absolute atomic E-state index is 12.8. The molecule has 1 amide bonds. The number of rotatable bonds is 6. The number of hydrogen-bond donors (Lipinski definition) is 1. The van der Waals surface area contributed by atoms with Crippen LogP contribution in [0.5, 0.6) is 11.5 Å². The number of nitrogens with one attached hydrogen (secondary N) is 1. The third kappa shape index (κ3) is 3.96. The van der Waals surface area contributed by atoms with Crippen molar-refractivity contribution in [2.24, 2.45) is 0 Å². The molecule has 0 aliphatic heterocycles. The van der Waals surface area contributed by atoms with Crippen molar-refractivity contribution in [2.45, 2.75) is 32.6 Å². The normalized spacial score (nSPS) is 11.5. The summed E-state index contributed by atoms with van der Waals surface area (Å²) < 4.78 is 12.6. The largest absolute Gasteiger partial charge is 0.493 e. The van der Waals surface area contributed by atoms with Crippen LogP contribution in [-0.2, 0) is 11.8 Å². The fraction of sp³-hybridized carbons (Fsp3) is 0.364. The van der Waals surface area contributed by atoms with Crippen LogP contribution >= 0.6 is 0 Å². The minimum absolute atomic E-state index is 0.164. The molecule has 0 saturated carbocycles. The van der Waals surface area contributed by atoms with Gasteiger partial charge in [0.15, 0.2) is 17.2 Å². The monoisotopic (exact) mass is 381 g/mol. The Morgan fingerprint density at radius 2 is 1.86 bits per heavy atom. The van der Waals surface area contributed by atoms with E-state index in [4.69, 9.17) is 9.47 Å². The molecule has 0 spiro atoms. The van der Waals surface area contributed by atoms with Crippen LogP contribution in [0.15, 0.2) is 42.6 Å². The minimum atomic E-state index is -0.167. The average molecular weight is 381 g/mol. The number of carbonyl (C=O) groups excluding carboxylic acids is 1. The zero-order valence-corrected chi connectivity index (χ0v) is 17.1.